The number of rotatable bonds is 6. The highest BCUT2D eigenvalue weighted by Gasteiger charge is 2.24. The van der Waals surface area contributed by atoms with Gasteiger partial charge in [0.1, 0.15) is 0 Å². The number of likely N-dealkylation sites (tertiary alicyclic amines) is 1. The van der Waals surface area contributed by atoms with Gasteiger partial charge in [0.15, 0.2) is 5.96 Å². The van der Waals surface area contributed by atoms with Crippen molar-refractivity contribution in [2.24, 2.45) is 10.9 Å². The van der Waals surface area contributed by atoms with Gasteiger partial charge in [-0.1, -0.05) is 6.92 Å². The van der Waals surface area contributed by atoms with Gasteiger partial charge < -0.3 is 19.9 Å². The van der Waals surface area contributed by atoms with Crippen molar-refractivity contribution >= 4 is 29.9 Å². The quantitative estimate of drug-likeness (QED) is 0.377. The van der Waals surface area contributed by atoms with Gasteiger partial charge in [-0.25, -0.2) is 0 Å². The molecule has 0 aromatic rings. The van der Waals surface area contributed by atoms with E-state index in [9.17, 15) is 0 Å². The largest absolute Gasteiger partial charge is 0.384 e. The Hall–Kier alpha value is -0.120. The van der Waals surface area contributed by atoms with Crippen LogP contribution >= 0.6 is 24.0 Å². The van der Waals surface area contributed by atoms with Crippen molar-refractivity contribution in [1.29, 1.82) is 0 Å². The van der Waals surface area contributed by atoms with Gasteiger partial charge in [-0.3, -0.25) is 9.89 Å². The fourth-order valence-corrected chi connectivity index (χ4v) is 3.38. The second-order valence-electron chi connectivity index (χ2n) is 6.31. The zero-order valence-electron chi connectivity index (χ0n) is 15.0. The highest BCUT2D eigenvalue weighted by atomic mass is 127. The Morgan fingerprint density at radius 1 is 1.17 bits per heavy atom. The normalized spacial score (nSPS) is 23.9. The van der Waals surface area contributed by atoms with E-state index in [0.717, 1.165) is 38.7 Å². The molecule has 0 aliphatic carbocycles. The van der Waals surface area contributed by atoms with Gasteiger partial charge in [0, 0.05) is 72.4 Å². The molecule has 2 heterocycles. The summed E-state index contributed by atoms with van der Waals surface area (Å²) in [5, 5.41) is 3.53. The van der Waals surface area contributed by atoms with Crippen LogP contribution < -0.4 is 5.32 Å². The minimum absolute atomic E-state index is 0. The van der Waals surface area contributed by atoms with E-state index >= 15 is 0 Å². The highest BCUT2D eigenvalue weighted by Crippen LogP contribution is 2.16. The number of halogens is 1. The fraction of sp³-hybridized carbons (Fsp3) is 0.938. The Morgan fingerprint density at radius 2 is 1.87 bits per heavy atom. The van der Waals surface area contributed by atoms with Crippen LogP contribution in [-0.2, 0) is 4.74 Å². The van der Waals surface area contributed by atoms with E-state index in [1.807, 2.05) is 7.05 Å². The van der Waals surface area contributed by atoms with Crippen LogP contribution in [0.2, 0.25) is 0 Å². The van der Waals surface area contributed by atoms with E-state index in [2.05, 4.69) is 31.9 Å². The number of nitrogens with zero attached hydrogens (tertiary/aromatic N) is 4. The average molecular weight is 439 g/mol. The first-order chi connectivity index (χ1) is 10.8. The minimum atomic E-state index is 0. The van der Waals surface area contributed by atoms with Crippen molar-refractivity contribution < 1.29 is 4.74 Å². The van der Waals surface area contributed by atoms with E-state index in [4.69, 9.17) is 4.74 Å². The van der Waals surface area contributed by atoms with Crippen LogP contribution in [0, 0.1) is 5.92 Å². The van der Waals surface area contributed by atoms with E-state index < -0.39 is 0 Å². The number of guanidine groups is 1. The summed E-state index contributed by atoms with van der Waals surface area (Å²) in [5.41, 5.74) is 0. The molecule has 1 unspecified atom stereocenters. The van der Waals surface area contributed by atoms with Crippen molar-refractivity contribution in [1.82, 2.24) is 20.0 Å². The van der Waals surface area contributed by atoms with Gasteiger partial charge in [0.05, 0.1) is 6.61 Å². The molecule has 6 nitrogen and oxygen atoms in total. The molecule has 1 atom stereocenters. The summed E-state index contributed by atoms with van der Waals surface area (Å²) in [7, 11) is 3.67. The average Bonchev–Trinajstić information content (AvgIpc) is 3.01. The van der Waals surface area contributed by atoms with Crippen molar-refractivity contribution in [3.63, 3.8) is 0 Å². The third-order valence-corrected chi connectivity index (χ3v) is 4.82. The maximum Gasteiger partial charge on any atom is 0.193 e. The number of ether oxygens (including phenoxy) is 1. The van der Waals surface area contributed by atoms with Crippen molar-refractivity contribution in [3.8, 4) is 0 Å². The van der Waals surface area contributed by atoms with Gasteiger partial charge in [-0.15, -0.1) is 24.0 Å². The number of nitrogens with one attached hydrogen (secondary N) is 1. The lowest BCUT2D eigenvalue weighted by atomic mass is 10.1. The van der Waals surface area contributed by atoms with Crippen LogP contribution in [0.5, 0.6) is 0 Å². The summed E-state index contributed by atoms with van der Waals surface area (Å²) in [4.78, 5) is 11.9. The van der Waals surface area contributed by atoms with Crippen molar-refractivity contribution in [2.45, 2.75) is 13.3 Å². The molecule has 2 saturated heterocycles. The molecule has 136 valence electrons. The molecular formula is C16H34IN5O. The van der Waals surface area contributed by atoms with Crippen LogP contribution in [-0.4, -0.2) is 100 Å². The Labute approximate surface area is 158 Å². The van der Waals surface area contributed by atoms with Crippen molar-refractivity contribution in [2.75, 3.05) is 79.7 Å². The smallest absolute Gasteiger partial charge is 0.193 e. The van der Waals surface area contributed by atoms with E-state index in [0.29, 0.717) is 5.92 Å². The summed E-state index contributed by atoms with van der Waals surface area (Å²) in [6.07, 6.45) is 1.20. The number of hydrogen-bond acceptors (Lipinski definition) is 4. The SMILES string of the molecule is CCN1CCN(CCNC(=NC)N2CCC(COC)C2)CC1.I. The predicted octanol–water partition coefficient (Wildman–Crippen LogP) is 0.786. The van der Waals surface area contributed by atoms with Gasteiger partial charge in [0.25, 0.3) is 0 Å². The van der Waals surface area contributed by atoms with Crippen LogP contribution in [0.3, 0.4) is 0 Å². The Morgan fingerprint density at radius 3 is 2.48 bits per heavy atom. The zero-order chi connectivity index (χ0) is 15.8. The second-order valence-corrected chi connectivity index (χ2v) is 6.31. The Bertz CT molecular complexity index is 347. The van der Waals surface area contributed by atoms with Crippen LogP contribution in [0.25, 0.3) is 0 Å². The number of piperazine rings is 1. The summed E-state index contributed by atoms with van der Waals surface area (Å²) in [6, 6.07) is 0. The molecule has 2 aliphatic heterocycles. The third kappa shape index (κ3) is 6.72. The Kier molecular flexibility index (Phi) is 10.4. The van der Waals surface area contributed by atoms with Gasteiger partial charge in [-0.2, -0.15) is 0 Å². The first-order valence-electron chi connectivity index (χ1n) is 8.66. The maximum absolute atomic E-state index is 5.27. The molecule has 0 aromatic carbocycles. The number of hydrogen-bond donors (Lipinski definition) is 1. The fourth-order valence-electron chi connectivity index (χ4n) is 3.38. The molecule has 7 heteroatoms. The third-order valence-electron chi connectivity index (χ3n) is 4.82. The minimum Gasteiger partial charge on any atom is -0.384 e. The lowest BCUT2D eigenvalue weighted by molar-refractivity contribution is 0.139. The molecule has 2 fully saturated rings. The van der Waals surface area contributed by atoms with Crippen LogP contribution in [0.4, 0.5) is 0 Å². The molecule has 0 radical (unpaired) electrons. The Balaban J connectivity index is 0.00000264. The summed E-state index contributed by atoms with van der Waals surface area (Å²) in [6.45, 7) is 13.3. The second kappa shape index (κ2) is 11.4. The molecule has 0 amide bonds. The highest BCUT2D eigenvalue weighted by molar-refractivity contribution is 14.0. The number of likely N-dealkylation sites (N-methyl/N-ethyl adjacent to an activating group) is 1. The van der Waals surface area contributed by atoms with E-state index in [1.54, 1.807) is 7.11 Å². The molecule has 0 spiro atoms. The molecule has 2 aliphatic rings. The molecule has 2 rings (SSSR count). The molecule has 1 N–H and O–H groups in total. The number of methoxy groups -OCH3 is 1. The van der Waals surface area contributed by atoms with Gasteiger partial charge in [-0.05, 0) is 13.0 Å². The molecule has 0 saturated carbocycles. The molecular weight excluding hydrogens is 405 g/mol. The van der Waals surface area contributed by atoms with E-state index in [1.165, 1.54) is 39.1 Å². The maximum atomic E-state index is 5.27. The predicted molar refractivity (Wildman–Crippen MR) is 107 cm³/mol. The first kappa shape index (κ1) is 20.9. The lowest BCUT2D eigenvalue weighted by Crippen LogP contribution is -2.49. The van der Waals surface area contributed by atoms with E-state index in [-0.39, 0.29) is 24.0 Å². The number of aliphatic imine (C=N–C) groups is 1. The summed E-state index contributed by atoms with van der Waals surface area (Å²) < 4.78 is 5.27. The lowest BCUT2D eigenvalue weighted by Gasteiger charge is -2.34. The van der Waals surface area contributed by atoms with Crippen molar-refractivity contribution in [3.05, 3.63) is 0 Å². The molecule has 0 aromatic heterocycles. The first-order valence-corrected chi connectivity index (χ1v) is 8.66. The van der Waals surface area contributed by atoms with Gasteiger partial charge >= 0.3 is 0 Å². The molecule has 23 heavy (non-hydrogen) atoms. The van der Waals surface area contributed by atoms with Gasteiger partial charge in [0.2, 0.25) is 0 Å². The monoisotopic (exact) mass is 439 g/mol. The zero-order valence-corrected chi connectivity index (χ0v) is 17.3. The molecule has 0 bridgehead atoms. The van der Waals surface area contributed by atoms with Crippen LogP contribution in [0.15, 0.2) is 4.99 Å². The topological polar surface area (TPSA) is 43.3 Å². The summed E-state index contributed by atoms with van der Waals surface area (Å²) in [5.74, 6) is 1.69. The standard InChI is InChI=1S/C16H33N5O.HI/c1-4-19-9-11-20(12-10-19)8-6-18-16(17-2)21-7-5-15(13-21)14-22-3;/h15H,4-14H2,1-3H3,(H,17,18);1H. The van der Waals surface area contributed by atoms with Crippen LogP contribution in [0.1, 0.15) is 13.3 Å². The summed E-state index contributed by atoms with van der Waals surface area (Å²) >= 11 is 0.